The summed E-state index contributed by atoms with van der Waals surface area (Å²) < 4.78 is 5.09. The van der Waals surface area contributed by atoms with Gasteiger partial charge in [-0.15, -0.1) is 0 Å². The van der Waals surface area contributed by atoms with E-state index >= 15 is 0 Å². The van der Waals surface area contributed by atoms with Gasteiger partial charge in [-0.1, -0.05) is 30.3 Å². The summed E-state index contributed by atoms with van der Waals surface area (Å²) in [5.74, 6) is -0.864. The number of carbonyl (C=O) groups excluding carboxylic acids is 2. The maximum atomic E-state index is 12.1. The van der Waals surface area contributed by atoms with Crippen molar-refractivity contribution in [2.45, 2.75) is 32.4 Å². The highest BCUT2D eigenvalue weighted by Crippen LogP contribution is 2.20. The number of amides is 1. The van der Waals surface area contributed by atoms with E-state index < -0.39 is 12.0 Å². The zero-order chi connectivity index (χ0) is 15.2. The van der Waals surface area contributed by atoms with E-state index in [-0.39, 0.29) is 17.9 Å². The minimum atomic E-state index is -0.548. The molecule has 0 aliphatic carbocycles. The monoisotopic (exact) mass is 290 g/mol. The molecule has 0 saturated carbocycles. The van der Waals surface area contributed by atoms with E-state index in [0.717, 1.165) is 5.56 Å². The van der Waals surface area contributed by atoms with Crippen molar-refractivity contribution in [1.29, 1.82) is 0 Å². The summed E-state index contributed by atoms with van der Waals surface area (Å²) in [6, 6.07) is 9.29. The number of rotatable bonds is 5. The lowest BCUT2D eigenvalue weighted by Crippen LogP contribution is -2.56. The highest BCUT2D eigenvalue weighted by Gasteiger charge is 2.38. The molecule has 5 heteroatoms. The summed E-state index contributed by atoms with van der Waals surface area (Å²) in [6.45, 7) is 4.60. The molecule has 5 nitrogen and oxygen atoms in total. The number of carbonyl (C=O) groups is 2. The Morgan fingerprint density at radius 1 is 1.43 bits per heavy atom. The number of hydrogen-bond donors (Lipinski definition) is 2. The van der Waals surface area contributed by atoms with Gasteiger partial charge in [-0.25, -0.2) is 0 Å². The van der Waals surface area contributed by atoms with Crippen molar-refractivity contribution in [2.24, 2.45) is 5.92 Å². The standard InChI is InChI=1S/C16H22N2O3/c1-3-21-16(20)13-9-10-17-15(19)14(13)18-11(2)12-7-5-4-6-8-12/h4-8,11,13-14,18H,3,9-10H2,1-2H3,(H,17,19). The fraction of sp³-hybridized carbons (Fsp3) is 0.500. The molecule has 1 fully saturated rings. The molecule has 1 aliphatic rings. The fourth-order valence-corrected chi connectivity index (χ4v) is 2.61. The van der Waals surface area contributed by atoms with Crippen LogP contribution in [0, 0.1) is 5.92 Å². The van der Waals surface area contributed by atoms with Crippen molar-refractivity contribution in [2.75, 3.05) is 13.2 Å². The lowest BCUT2D eigenvalue weighted by Gasteiger charge is -2.32. The van der Waals surface area contributed by atoms with Crippen molar-refractivity contribution in [3.05, 3.63) is 35.9 Å². The SMILES string of the molecule is CCOC(=O)C1CCNC(=O)C1NC(C)c1ccccc1. The highest BCUT2D eigenvalue weighted by atomic mass is 16.5. The van der Waals surface area contributed by atoms with Gasteiger partial charge in [-0.2, -0.15) is 0 Å². The molecule has 3 unspecified atom stereocenters. The van der Waals surface area contributed by atoms with E-state index in [2.05, 4.69) is 10.6 Å². The number of benzene rings is 1. The van der Waals surface area contributed by atoms with Gasteiger partial charge >= 0.3 is 5.97 Å². The first-order valence-corrected chi connectivity index (χ1v) is 7.38. The summed E-state index contributed by atoms with van der Waals surface area (Å²) in [5, 5.41) is 6.07. The number of nitrogens with one attached hydrogen (secondary N) is 2. The van der Waals surface area contributed by atoms with E-state index in [4.69, 9.17) is 4.74 Å². The van der Waals surface area contributed by atoms with Gasteiger partial charge in [0.2, 0.25) is 5.91 Å². The first-order valence-electron chi connectivity index (χ1n) is 7.38. The lowest BCUT2D eigenvalue weighted by atomic mass is 9.91. The zero-order valence-corrected chi connectivity index (χ0v) is 12.5. The van der Waals surface area contributed by atoms with Crippen LogP contribution in [-0.2, 0) is 14.3 Å². The van der Waals surface area contributed by atoms with Crippen LogP contribution < -0.4 is 10.6 Å². The van der Waals surface area contributed by atoms with E-state index in [0.29, 0.717) is 19.6 Å². The molecule has 2 rings (SSSR count). The Morgan fingerprint density at radius 3 is 2.81 bits per heavy atom. The molecule has 1 aliphatic heterocycles. The fourth-order valence-electron chi connectivity index (χ4n) is 2.61. The van der Waals surface area contributed by atoms with Gasteiger partial charge in [0, 0.05) is 12.6 Å². The van der Waals surface area contributed by atoms with Crippen molar-refractivity contribution >= 4 is 11.9 Å². The van der Waals surface area contributed by atoms with Crippen LogP contribution in [0.2, 0.25) is 0 Å². The average Bonchev–Trinajstić information content (AvgIpc) is 2.50. The molecule has 114 valence electrons. The van der Waals surface area contributed by atoms with Crippen molar-refractivity contribution < 1.29 is 14.3 Å². The minimum absolute atomic E-state index is 0.0167. The Hall–Kier alpha value is -1.88. The maximum absolute atomic E-state index is 12.1. The van der Waals surface area contributed by atoms with Crippen LogP contribution in [0.3, 0.4) is 0 Å². The van der Waals surface area contributed by atoms with Crippen LogP contribution in [-0.4, -0.2) is 31.1 Å². The van der Waals surface area contributed by atoms with Gasteiger partial charge in [0.05, 0.1) is 12.5 Å². The van der Waals surface area contributed by atoms with Crippen molar-refractivity contribution in [3.63, 3.8) is 0 Å². The Labute approximate surface area is 125 Å². The second-order valence-electron chi connectivity index (χ2n) is 5.21. The molecule has 3 atom stereocenters. The molecule has 0 bridgehead atoms. The van der Waals surface area contributed by atoms with E-state index in [1.54, 1.807) is 6.92 Å². The third kappa shape index (κ3) is 3.82. The highest BCUT2D eigenvalue weighted by molar-refractivity contribution is 5.89. The molecule has 0 spiro atoms. The minimum Gasteiger partial charge on any atom is -0.466 e. The second kappa shape index (κ2) is 7.22. The quantitative estimate of drug-likeness (QED) is 0.805. The predicted octanol–water partition coefficient (Wildman–Crippen LogP) is 1.40. The van der Waals surface area contributed by atoms with Crippen LogP contribution >= 0.6 is 0 Å². The van der Waals surface area contributed by atoms with Gasteiger partial charge in [0.1, 0.15) is 6.04 Å². The molecule has 1 aromatic carbocycles. The number of esters is 1. The molecule has 2 N–H and O–H groups in total. The lowest BCUT2D eigenvalue weighted by molar-refractivity contribution is -0.153. The molecule has 0 radical (unpaired) electrons. The summed E-state index contributed by atoms with van der Waals surface area (Å²) in [5.41, 5.74) is 1.08. The summed E-state index contributed by atoms with van der Waals surface area (Å²) in [4.78, 5) is 24.1. The number of piperidine rings is 1. The van der Waals surface area contributed by atoms with Gasteiger partial charge in [-0.05, 0) is 25.8 Å². The third-order valence-electron chi connectivity index (χ3n) is 3.76. The number of ether oxygens (including phenoxy) is 1. The van der Waals surface area contributed by atoms with Crippen molar-refractivity contribution in [3.8, 4) is 0 Å². The topological polar surface area (TPSA) is 67.4 Å². The Kier molecular flexibility index (Phi) is 5.33. The molecule has 21 heavy (non-hydrogen) atoms. The van der Waals surface area contributed by atoms with Gasteiger partial charge in [0.25, 0.3) is 0 Å². The third-order valence-corrected chi connectivity index (χ3v) is 3.76. The van der Waals surface area contributed by atoms with Gasteiger partial charge in [-0.3, -0.25) is 14.9 Å². The van der Waals surface area contributed by atoms with E-state index in [9.17, 15) is 9.59 Å². The first-order chi connectivity index (χ1) is 10.1. The van der Waals surface area contributed by atoms with E-state index in [1.165, 1.54) is 0 Å². The summed E-state index contributed by atoms with van der Waals surface area (Å²) >= 11 is 0. The summed E-state index contributed by atoms with van der Waals surface area (Å²) in [7, 11) is 0. The summed E-state index contributed by atoms with van der Waals surface area (Å²) in [6.07, 6.45) is 0.601. The zero-order valence-electron chi connectivity index (χ0n) is 12.5. The maximum Gasteiger partial charge on any atom is 0.311 e. The van der Waals surface area contributed by atoms with Gasteiger partial charge < -0.3 is 10.1 Å². The van der Waals surface area contributed by atoms with Crippen LogP contribution in [0.4, 0.5) is 0 Å². The Bertz CT molecular complexity index is 490. The molecule has 1 saturated heterocycles. The smallest absolute Gasteiger partial charge is 0.311 e. The Balaban J connectivity index is 2.09. The average molecular weight is 290 g/mol. The molecule has 1 heterocycles. The molecule has 0 aromatic heterocycles. The number of hydrogen-bond acceptors (Lipinski definition) is 4. The first kappa shape index (κ1) is 15.5. The molecule has 1 amide bonds. The molecular formula is C16H22N2O3. The van der Waals surface area contributed by atoms with Gasteiger partial charge in [0.15, 0.2) is 0 Å². The molecular weight excluding hydrogens is 268 g/mol. The van der Waals surface area contributed by atoms with Crippen molar-refractivity contribution in [1.82, 2.24) is 10.6 Å². The second-order valence-corrected chi connectivity index (χ2v) is 5.21. The van der Waals surface area contributed by atoms with Crippen LogP contribution in [0.25, 0.3) is 0 Å². The largest absolute Gasteiger partial charge is 0.466 e. The normalized spacial score (nSPS) is 23.2. The molecule has 1 aromatic rings. The Morgan fingerprint density at radius 2 is 2.14 bits per heavy atom. The van der Waals surface area contributed by atoms with Crippen LogP contribution in [0.1, 0.15) is 31.9 Å². The predicted molar refractivity (Wildman–Crippen MR) is 79.5 cm³/mol. The van der Waals surface area contributed by atoms with Crippen LogP contribution in [0.15, 0.2) is 30.3 Å². The van der Waals surface area contributed by atoms with E-state index in [1.807, 2.05) is 37.3 Å². The van der Waals surface area contributed by atoms with Crippen LogP contribution in [0.5, 0.6) is 0 Å².